The Balaban J connectivity index is 1.96. The molecule has 0 unspecified atom stereocenters. The third-order valence-corrected chi connectivity index (χ3v) is 20.2. The molecule has 2 aromatic rings. The van der Waals surface area contributed by atoms with Crippen molar-refractivity contribution in [2.75, 3.05) is 0 Å². The second-order valence-electron chi connectivity index (χ2n) is 11.7. The number of halogens is 2. The van der Waals surface area contributed by atoms with Crippen LogP contribution in [0.2, 0.25) is 0 Å². The monoisotopic (exact) mass is 722 g/mol. The first kappa shape index (κ1) is 31.0. The molecule has 0 amide bonds. The van der Waals surface area contributed by atoms with Crippen molar-refractivity contribution in [3.63, 3.8) is 0 Å². The van der Waals surface area contributed by atoms with Crippen LogP contribution in [-0.4, -0.2) is 33.7 Å². The summed E-state index contributed by atoms with van der Waals surface area (Å²) >= 11 is -4.53. The fourth-order valence-electron chi connectivity index (χ4n) is 8.00. The zero-order valence-corrected chi connectivity index (χ0v) is 31.4. The van der Waals surface area contributed by atoms with E-state index in [0.717, 1.165) is 96.3 Å². The molecule has 0 N–H and O–H groups in total. The van der Waals surface area contributed by atoms with Gasteiger partial charge in [-0.15, -0.1) is 0 Å². The van der Waals surface area contributed by atoms with Gasteiger partial charge in [-0.1, -0.05) is 0 Å². The van der Waals surface area contributed by atoms with Crippen LogP contribution in [0.15, 0.2) is 43.7 Å². The molecule has 0 saturated carbocycles. The van der Waals surface area contributed by atoms with Crippen LogP contribution in [0.3, 0.4) is 0 Å². The van der Waals surface area contributed by atoms with Crippen LogP contribution in [0.4, 0.5) is 0 Å². The normalized spacial score (nSPS) is 18.3. The molecule has 4 aliphatic heterocycles. The van der Waals surface area contributed by atoms with E-state index in [1.807, 2.05) is 0 Å². The average Bonchev–Trinajstić information content (AvgIpc) is 3.69. The van der Waals surface area contributed by atoms with Crippen molar-refractivity contribution in [1.82, 2.24) is 5.58 Å². The molecule has 6 bridgehead atoms. The Morgan fingerprint density at radius 2 is 0.860 bits per heavy atom. The van der Waals surface area contributed by atoms with Gasteiger partial charge in [-0.25, -0.2) is 0 Å². The Bertz CT molecular complexity index is 1740. The first-order valence-corrected chi connectivity index (χ1v) is 26.2. The zero-order chi connectivity index (χ0) is 30.8. The summed E-state index contributed by atoms with van der Waals surface area (Å²) in [5, 5.41) is 2.27. The minimum absolute atomic E-state index is 0.902. The summed E-state index contributed by atoms with van der Waals surface area (Å²) in [5.41, 5.74) is 17.2. The number of nitrogens with zero attached hydrogens (tertiary/aromatic N) is 4. The molecule has 0 aromatic carbocycles. The van der Waals surface area contributed by atoms with Crippen LogP contribution < -0.4 is 10.7 Å². The van der Waals surface area contributed by atoms with Crippen molar-refractivity contribution in [2.45, 2.75) is 107 Å². The number of aliphatic imine (C=N–C) groups is 2. The van der Waals surface area contributed by atoms with Crippen LogP contribution in [-0.2, 0) is 25.7 Å². The van der Waals surface area contributed by atoms with Gasteiger partial charge >= 0.3 is 271 Å². The maximum atomic E-state index is 8.09. The standard InChI is InChI=1S/C36H44N4.2ClH.Sn/c1-9-21-22(10-2)30-18-32-25(13-5)26(14-6)34(39-32)20-36-28(16-8)27(15-7)35(40-36)19-33-24(12-4)23(11-3)31(38-33)17-29(21)37-30;;;/h17-20H,9-16H2,1-8H3;2*1H;/q-2;;;+4/p-2. The van der Waals surface area contributed by atoms with Crippen molar-refractivity contribution in [1.29, 1.82) is 0 Å². The quantitative estimate of drug-likeness (QED) is 0.246. The Morgan fingerprint density at radius 1 is 0.488 bits per heavy atom. The van der Waals surface area contributed by atoms with Crippen molar-refractivity contribution >= 4 is 70.2 Å². The molecule has 2 aromatic heterocycles. The zero-order valence-electron chi connectivity index (χ0n) is 27.0. The van der Waals surface area contributed by atoms with Gasteiger partial charge in [0.25, 0.3) is 0 Å². The summed E-state index contributed by atoms with van der Waals surface area (Å²) in [4.78, 5) is 10.7. The summed E-state index contributed by atoms with van der Waals surface area (Å²) in [6.07, 6.45) is 16.6. The van der Waals surface area contributed by atoms with E-state index >= 15 is 0 Å². The van der Waals surface area contributed by atoms with Gasteiger partial charge in [0.15, 0.2) is 0 Å². The van der Waals surface area contributed by atoms with Gasteiger partial charge in [0.1, 0.15) is 0 Å². The summed E-state index contributed by atoms with van der Waals surface area (Å²) in [7, 11) is 16.2. The topological polar surface area (TPSA) is 34.6 Å². The van der Waals surface area contributed by atoms with Crippen molar-refractivity contribution in [2.24, 2.45) is 9.98 Å². The Labute approximate surface area is 269 Å². The van der Waals surface area contributed by atoms with E-state index in [1.165, 1.54) is 44.5 Å². The molecule has 43 heavy (non-hydrogen) atoms. The summed E-state index contributed by atoms with van der Waals surface area (Å²) in [5.74, 6) is 0. The molecule has 0 atom stereocenters. The van der Waals surface area contributed by atoms with Crippen LogP contribution >= 0.6 is 17.8 Å². The molecule has 0 spiro atoms. The summed E-state index contributed by atoms with van der Waals surface area (Å²) in [6.45, 7) is 18.0. The Kier molecular flexibility index (Phi) is 8.45. The van der Waals surface area contributed by atoms with Gasteiger partial charge < -0.3 is 0 Å². The van der Waals surface area contributed by atoms with Crippen molar-refractivity contribution < 1.29 is 0 Å². The van der Waals surface area contributed by atoms with E-state index in [9.17, 15) is 0 Å². The predicted molar refractivity (Wildman–Crippen MR) is 189 cm³/mol. The number of allylic oxidation sites excluding steroid dienone is 4. The maximum absolute atomic E-state index is 8.09. The average molecular weight is 722 g/mol. The molecule has 226 valence electrons. The van der Waals surface area contributed by atoms with E-state index in [1.54, 1.807) is 0 Å². The van der Waals surface area contributed by atoms with Gasteiger partial charge in [-0.3, -0.25) is 0 Å². The molecule has 0 fully saturated rings. The first-order valence-electron chi connectivity index (χ1n) is 16.4. The van der Waals surface area contributed by atoms with Gasteiger partial charge in [-0.2, -0.15) is 0 Å². The molecule has 0 aliphatic carbocycles. The van der Waals surface area contributed by atoms with E-state index < -0.39 is 16.7 Å². The first-order chi connectivity index (χ1) is 20.7. The number of rotatable bonds is 8. The van der Waals surface area contributed by atoms with Crippen molar-refractivity contribution in [3.8, 4) is 0 Å². The molecular formula is C36H44Cl2N4Sn. The summed E-state index contributed by atoms with van der Waals surface area (Å²) < 4.78 is 4.80. The van der Waals surface area contributed by atoms with Gasteiger partial charge in [0.05, 0.1) is 0 Å². The molecule has 6 rings (SSSR count). The number of aromatic nitrogens is 2. The van der Waals surface area contributed by atoms with Gasteiger partial charge in [0, 0.05) is 0 Å². The fraction of sp³-hybridized carbons (Fsp3) is 0.444. The molecular weight excluding hydrogens is 678 g/mol. The van der Waals surface area contributed by atoms with E-state index in [-0.39, 0.29) is 0 Å². The van der Waals surface area contributed by atoms with E-state index in [0.29, 0.717) is 0 Å². The number of fused-ring (bicyclic) bond motifs is 2. The third kappa shape index (κ3) is 4.44. The predicted octanol–water partition coefficient (Wildman–Crippen LogP) is 8.26. The molecule has 0 saturated heterocycles. The number of hydrogen-bond donors (Lipinski definition) is 0. The SMILES string of the molecule is CCC1=C(CC)C2=NC1=Cc1c(CC)c(CC)c3[n]1[Sn]([Cl])([Cl])[n]1c(c(CC)c(CC)c1=CC1=NC(=C3)C(CC)=C1CC)=C2. The fourth-order valence-corrected chi connectivity index (χ4v) is 19.0. The van der Waals surface area contributed by atoms with E-state index in [2.05, 4.69) is 85.3 Å². The molecule has 0 radical (unpaired) electrons. The minimum atomic E-state index is -4.53. The van der Waals surface area contributed by atoms with Gasteiger partial charge in [0.2, 0.25) is 0 Å². The Hall–Kier alpha value is -2.02. The second-order valence-corrected chi connectivity index (χ2v) is 25.5. The van der Waals surface area contributed by atoms with E-state index in [4.69, 9.17) is 27.8 Å². The van der Waals surface area contributed by atoms with Crippen LogP contribution in [0, 0.1) is 0 Å². The molecule has 6 heterocycles. The van der Waals surface area contributed by atoms with Crippen LogP contribution in [0.5, 0.6) is 0 Å². The Morgan fingerprint density at radius 3 is 1.19 bits per heavy atom. The molecule has 4 aliphatic rings. The summed E-state index contributed by atoms with van der Waals surface area (Å²) in [6, 6.07) is 0. The van der Waals surface area contributed by atoms with Crippen molar-refractivity contribution in [3.05, 3.63) is 78.0 Å². The van der Waals surface area contributed by atoms with Crippen LogP contribution in [0.1, 0.15) is 115 Å². The molecule has 4 nitrogen and oxygen atoms in total. The third-order valence-electron chi connectivity index (χ3n) is 9.84. The second kappa shape index (κ2) is 11.7. The number of hydrogen-bond acceptors (Lipinski definition) is 2. The van der Waals surface area contributed by atoms with Crippen LogP contribution in [0.25, 0.3) is 24.3 Å². The van der Waals surface area contributed by atoms with Gasteiger partial charge in [-0.05, 0) is 0 Å². The molecule has 7 heteroatoms.